The van der Waals surface area contributed by atoms with Crippen molar-refractivity contribution in [2.75, 3.05) is 0 Å². The molecule has 0 spiro atoms. The van der Waals surface area contributed by atoms with Crippen molar-refractivity contribution in [1.29, 1.82) is 0 Å². The van der Waals surface area contributed by atoms with Crippen LogP contribution in [0.2, 0.25) is 0 Å². The first-order valence-corrected chi connectivity index (χ1v) is 4.56. The lowest BCUT2D eigenvalue weighted by Crippen LogP contribution is -2.16. The summed E-state index contributed by atoms with van der Waals surface area (Å²) in [6, 6.07) is 1.65. The van der Waals surface area contributed by atoms with Crippen LogP contribution in [0, 0.1) is 18.3 Å². The normalized spacial score (nSPS) is 11.0. The maximum absolute atomic E-state index is 13.2. The molecule has 1 aromatic rings. The molecule has 0 bridgehead atoms. The predicted octanol–water partition coefficient (Wildman–Crippen LogP) is 2.89. The van der Waals surface area contributed by atoms with Crippen molar-refractivity contribution in [3.63, 3.8) is 0 Å². The van der Waals surface area contributed by atoms with E-state index < -0.39 is 11.4 Å². The third kappa shape index (κ3) is 2.07. The monoisotopic (exact) mass is 241 g/mol. The summed E-state index contributed by atoms with van der Waals surface area (Å²) < 4.78 is 14.0. The van der Waals surface area contributed by atoms with Crippen molar-refractivity contribution >= 4 is 15.9 Å². The van der Waals surface area contributed by atoms with E-state index in [0.29, 0.717) is 5.56 Å². The van der Waals surface area contributed by atoms with Gasteiger partial charge in [-0.1, -0.05) is 5.92 Å². The summed E-state index contributed by atoms with van der Waals surface area (Å²) in [4.78, 5) is 3.58. The Labute approximate surface area is 85.5 Å². The van der Waals surface area contributed by atoms with Gasteiger partial charge in [-0.25, -0.2) is 4.98 Å². The van der Waals surface area contributed by atoms with Gasteiger partial charge in [-0.15, -0.1) is 6.42 Å². The zero-order chi connectivity index (χ0) is 10.1. The lowest BCUT2D eigenvalue weighted by molar-refractivity contribution is 0.532. The van der Waals surface area contributed by atoms with Crippen molar-refractivity contribution in [2.45, 2.75) is 19.3 Å². The highest BCUT2D eigenvalue weighted by atomic mass is 79.9. The molecule has 1 aromatic heterocycles. The molecule has 0 N–H and O–H groups in total. The van der Waals surface area contributed by atoms with Crippen molar-refractivity contribution < 1.29 is 4.39 Å². The van der Waals surface area contributed by atoms with Gasteiger partial charge in [0, 0.05) is 16.2 Å². The minimum Gasteiger partial charge on any atom is -0.227 e. The van der Waals surface area contributed by atoms with Gasteiger partial charge in [0.15, 0.2) is 0 Å². The molecule has 1 nitrogen and oxygen atoms in total. The number of hydrogen-bond donors (Lipinski definition) is 0. The number of terminal acetylenes is 1. The molecule has 0 unspecified atom stereocenters. The maximum atomic E-state index is 13.2. The molecule has 0 atom stereocenters. The van der Waals surface area contributed by atoms with Crippen LogP contribution in [0.25, 0.3) is 0 Å². The van der Waals surface area contributed by atoms with E-state index in [0.717, 1.165) is 4.47 Å². The summed E-state index contributed by atoms with van der Waals surface area (Å²) in [5.74, 6) is 2.02. The van der Waals surface area contributed by atoms with Gasteiger partial charge in [-0.3, -0.25) is 0 Å². The number of halogens is 2. The Bertz CT molecular complexity index is 366. The van der Waals surface area contributed by atoms with Gasteiger partial charge >= 0.3 is 0 Å². The molecule has 0 radical (unpaired) electrons. The Morgan fingerprint density at radius 2 is 2.23 bits per heavy atom. The van der Waals surface area contributed by atoms with Crippen LogP contribution in [0.3, 0.4) is 0 Å². The molecular weight excluding hydrogens is 233 g/mol. The third-order valence-electron chi connectivity index (χ3n) is 1.84. The van der Waals surface area contributed by atoms with Gasteiger partial charge in [0.2, 0.25) is 5.95 Å². The Balaban J connectivity index is 3.30. The predicted molar refractivity (Wildman–Crippen MR) is 53.8 cm³/mol. The Kier molecular flexibility index (Phi) is 2.72. The van der Waals surface area contributed by atoms with Crippen LogP contribution in [0.4, 0.5) is 4.39 Å². The van der Waals surface area contributed by atoms with Crippen LogP contribution < -0.4 is 0 Å². The zero-order valence-corrected chi connectivity index (χ0v) is 9.02. The lowest BCUT2D eigenvalue weighted by Gasteiger charge is -2.17. The minimum atomic E-state index is -0.624. The summed E-state index contributed by atoms with van der Waals surface area (Å²) in [5.41, 5.74) is -0.190. The first-order chi connectivity index (χ1) is 5.97. The van der Waals surface area contributed by atoms with E-state index in [-0.39, 0.29) is 0 Å². The van der Waals surface area contributed by atoms with E-state index >= 15 is 0 Å². The Morgan fingerprint density at radius 1 is 1.62 bits per heavy atom. The average Bonchev–Trinajstić information content (AvgIpc) is 2.09. The minimum absolute atomic E-state index is 0.435. The first-order valence-electron chi connectivity index (χ1n) is 3.76. The Morgan fingerprint density at radius 3 is 2.77 bits per heavy atom. The lowest BCUT2D eigenvalue weighted by atomic mass is 9.87. The van der Waals surface area contributed by atoms with Gasteiger partial charge in [0.25, 0.3) is 0 Å². The van der Waals surface area contributed by atoms with Crippen molar-refractivity contribution in [1.82, 2.24) is 4.98 Å². The second kappa shape index (κ2) is 3.47. The van der Waals surface area contributed by atoms with Crippen molar-refractivity contribution in [3.05, 3.63) is 28.2 Å². The molecule has 1 heterocycles. The summed E-state index contributed by atoms with van der Waals surface area (Å²) in [6.45, 7) is 3.55. The number of pyridine rings is 1. The average molecular weight is 242 g/mol. The number of nitrogens with zero attached hydrogens (tertiary/aromatic N) is 1. The Hall–Kier alpha value is -0.880. The fraction of sp³-hybridized carbons (Fsp3) is 0.300. The molecule has 0 saturated carbocycles. The topological polar surface area (TPSA) is 12.9 Å². The number of hydrogen-bond acceptors (Lipinski definition) is 1. The van der Waals surface area contributed by atoms with Crippen LogP contribution in [0.15, 0.2) is 16.7 Å². The van der Waals surface area contributed by atoms with Gasteiger partial charge in [0.05, 0.1) is 5.41 Å². The van der Waals surface area contributed by atoms with Gasteiger partial charge in [-0.05, 0) is 35.8 Å². The molecule has 0 aliphatic carbocycles. The molecule has 13 heavy (non-hydrogen) atoms. The van der Waals surface area contributed by atoms with Crippen LogP contribution in [0.5, 0.6) is 0 Å². The van der Waals surface area contributed by atoms with Crippen LogP contribution in [-0.4, -0.2) is 4.98 Å². The highest BCUT2D eigenvalue weighted by molar-refractivity contribution is 9.10. The van der Waals surface area contributed by atoms with Crippen molar-refractivity contribution in [2.24, 2.45) is 0 Å². The first kappa shape index (κ1) is 10.2. The highest BCUT2D eigenvalue weighted by Gasteiger charge is 2.22. The molecule has 0 aliphatic rings. The standard InChI is InChI=1S/C10H9BrFN/c1-4-10(2,3)8-5-7(11)6-13-9(8)12/h1,5-6H,2-3H3. The van der Waals surface area contributed by atoms with Crippen LogP contribution in [-0.2, 0) is 5.41 Å². The highest BCUT2D eigenvalue weighted by Crippen LogP contribution is 2.26. The molecule has 1 rings (SSSR count). The van der Waals surface area contributed by atoms with E-state index in [1.165, 1.54) is 6.20 Å². The molecule has 0 fully saturated rings. The molecule has 0 aliphatic heterocycles. The molecule has 0 amide bonds. The molecule has 3 heteroatoms. The quantitative estimate of drug-likeness (QED) is 0.545. The van der Waals surface area contributed by atoms with Crippen molar-refractivity contribution in [3.8, 4) is 12.3 Å². The van der Waals surface area contributed by atoms with Gasteiger partial charge < -0.3 is 0 Å². The van der Waals surface area contributed by atoms with E-state index in [1.807, 2.05) is 0 Å². The van der Waals surface area contributed by atoms with E-state index in [2.05, 4.69) is 26.8 Å². The molecule has 0 aromatic carbocycles. The SMILES string of the molecule is C#CC(C)(C)c1cc(Br)cnc1F. The maximum Gasteiger partial charge on any atom is 0.217 e. The third-order valence-corrected chi connectivity index (χ3v) is 2.27. The summed E-state index contributed by atoms with van der Waals surface area (Å²) in [6.07, 6.45) is 6.71. The smallest absolute Gasteiger partial charge is 0.217 e. The number of rotatable bonds is 1. The zero-order valence-electron chi connectivity index (χ0n) is 7.44. The fourth-order valence-electron chi connectivity index (χ4n) is 0.939. The summed E-state index contributed by atoms with van der Waals surface area (Å²) >= 11 is 3.22. The van der Waals surface area contributed by atoms with Gasteiger partial charge in [-0.2, -0.15) is 4.39 Å². The number of aromatic nitrogens is 1. The van der Waals surface area contributed by atoms with Crippen LogP contribution in [0.1, 0.15) is 19.4 Å². The second-order valence-corrected chi connectivity index (χ2v) is 4.18. The van der Waals surface area contributed by atoms with Crippen LogP contribution >= 0.6 is 15.9 Å². The molecular formula is C10H9BrFN. The van der Waals surface area contributed by atoms with E-state index in [1.54, 1.807) is 19.9 Å². The van der Waals surface area contributed by atoms with E-state index in [4.69, 9.17) is 6.42 Å². The van der Waals surface area contributed by atoms with E-state index in [9.17, 15) is 4.39 Å². The molecule has 0 saturated heterocycles. The fourth-order valence-corrected chi connectivity index (χ4v) is 1.27. The van der Waals surface area contributed by atoms with Gasteiger partial charge in [0.1, 0.15) is 0 Å². The summed E-state index contributed by atoms with van der Waals surface area (Å²) in [7, 11) is 0. The molecule has 68 valence electrons. The largest absolute Gasteiger partial charge is 0.227 e. The summed E-state index contributed by atoms with van der Waals surface area (Å²) in [5, 5.41) is 0. The second-order valence-electron chi connectivity index (χ2n) is 3.26.